The Balaban J connectivity index is 1.97. The van der Waals surface area contributed by atoms with E-state index >= 15 is 0 Å². The van der Waals surface area contributed by atoms with Gasteiger partial charge in [0.25, 0.3) is 5.91 Å². The molecule has 0 atom stereocenters. The molecule has 0 unspecified atom stereocenters. The summed E-state index contributed by atoms with van der Waals surface area (Å²) < 4.78 is 0. The highest BCUT2D eigenvalue weighted by molar-refractivity contribution is 5.97. The molecule has 0 aliphatic rings. The first-order chi connectivity index (χ1) is 10.7. The van der Waals surface area contributed by atoms with E-state index in [1.54, 1.807) is 6.07 Å². The number of hydrogen-bond acceptors (Lipinski definition) is 4. The molecule has 2 N–H and O–H groups in total. The van der Waals surface area contributed by atoms with Crippen LogP contribution in [-0.4, -0.2) is 10.9 Å². The zero-order valence-corrected chi connectivity index (χ0v) is 12.2. The van der Waals surface area contributed by atoms with E-state index in [0.29, 0.717) is 12.4 Å². The summed E-state index contributed by atoms with van der Waals surface area (Å²) in [7, 11) is 0. The fourth-order valence-electron chi connectivity index (χ4n) is 1.79. The Bertz CT molecular complexity index is 717. The summed E-state index contributed by atoms with van der Waals surface area (Å²) in [6.45, 7) is 2.24. The first-order valence-corrected chi connectivity index (χ1v) is 6.81. The summed E-state index contributed by atoms with van der Waals surface area (Å²) >= 11 is 0. The van der Waals surface area contributed by atoms with E-state index in [1.165, 1.54) is 6.20 Å². The lowest BCUT2D eigenvalue weighted by Gasteiger charge is -2.05. The molecule has 0 aliphatic carbocycles. The standard InChI is InChI=1S/C17H16N4O/c1-13-6-5-9-16(21-13)19-12-15(10-18)17(22)20-11-14-7-3-2-4-8-14/h2-9,12H,11H2,1H3,(H,19,21)(H,20,22)/b15-12-. The van der Waals surface area contributed by atoms with Crippen LogP contribution in [0, 0.1) is 18.3 Å². The minimum atomic E-state index is -0.425. The molecule has 0 saturated carbocycles. The van der Waals surface area contributed by atoms with Crippen molar-refractivity contribution in [1.82, 2.24) is 10.3 Å². The number of anilines is 1. The number of nitrogens with zero attached hydrogens (tertiary/aromatic N) is 2. The van der Waals surface area contributed by atoms with Gasteiger partial charge in [0.15, 0.2) is 0 Å². The molecule has 1 aromatic carbocycles. The fraction of sp³-hybridized carbons (Fsp3) is 0.118. The summed E-state index contributed by atoms with van der Waals surface area (Å²) in [4.78, 5) is 16.2. The molecule has 1 amide bonds. The highest BCUT2D eigenvalue weighted by atomic mass is 16.1. The van der Waals surface area contributed by atoms with Crippen LogP contribution < -0.4 is 10.6 Å². The van der Waals surface area contributed by atoms with Gasteiger partial charge in [0.05, 0.1) is 0 Å². The van der Waals surface area contributed by atoms with Crippen LogP contribution in [0.4, 0.5) is 5.82 Å². The van der Waals surface area contributed by atoms with Crippen molar-refractivity contribution in [3.63, 3.8) is 0 Å². The zero-order chi connectivity index (χ0) is 15.8. The van der Waals surface area contributed by atoms with Crippen molar-refractivity contribution >= 4 is 11.7 Å². The van der Waals surface area contributed by atoms with E-state index in [0.717, 1.165) is 11.3 Å². The minimum absolute atomic E-state index is 0.000706. The summed E-state index contributed by atoms with van der Waals surface area (Å²) in [5.74, 6) is 0.162. The van der Waals surface area contributed by atoms with E-state index in [-0.39, 0.29) is 5.57 Å². The molecular weight excluding hydrogens is 276 g/mol. The number of carbonyl (C=O) groups excluding carboxylic acids is 1. The molecule has 0 spiro atoms. The van der Waals surface area contributed by atoms with Crippen molar-refractivity contribution in [3.05, 3.63) is 71.6 Å². The number of rotatable bonds is 5. The molecule has 0 aliphatic heterocycles. The largest absolute Gasteiger partial charge is 0.347 e. The van der Waals surface area contributed by atoms with Gasteiger partial charge in [-0.3, -0.25) is 4.79 Å². The molecule has 0 bridgehead atoms. The number of pyridine rings is 1. The number of benzene rings is 1. The average molecular weight is 292 g/mol. The van der Waals surface area contributed by atoms with Gasteiger partial charge in [-0.2, -0.15) is 5.26 Å². The van der Waals surface area contributed by atoms with Gasteiger partial charge in [-0.05, 0) is 24.6 Å². The lowest BCUT2D eigenvalue weighted by atomic mass is 10.2. The Morgan fingerprint density at radius 3 is 2.68 bits per heavy atom. The lowest BCUT2D eigenvalue weighted by molar-refractivity contribution is -0.117. The maximum absolute atomic E-state index is 12.0. The first-order valence-electron chi connectivity index (χ1n) is 6.81. The average Bonchev–Trinajstić information content (AvgIpc) is 2.54. The van der Waals surface area contributed by atoms with E-state index in [2.05, 4.69) is 15.6 Å². The predicted molar refractivity (Wildman–Crippen MR) is 84.6 cm³/mol. The number of aryl methyl sites for hydroxylation is 1. The quantitative estimate of drug-likeness (QED) is 0.655. The van der Waals surface area contributed by atoms with Gasteiger partial charge >= 0.3 is 0 Å². The van der Waals surface area contributed by atoms with Crippen molar-refractivity contribution in [2.24, 2.45) is 0 Å². The van der Waals surface area contributed by atoms with Gasteiger partial charge in [-0.25, -0.2) is 4.98 Å². The van der Waals surface area contributed by atoms with Crippen LogP contribution in [0.1, 0.15) is 11.3 Å². The molecule has 110 valence electrons. The van der Waals surface area contributed by atoms with Gasteiger partial charge in [-0.1, -0.05) is 36.4 Å². The third-order valence-corrected chi connectivity index (χ3v) is 2.91. The molecule has 22 heavy (non-hydrogen) atoms. The number of carbonyl (C=O) groups is 1. The van der Waals surface area contributed by atoms with Crippen LogP contribution in [0.15, 0.2) is 60.3 Å². The normalized spacial score (nSPS) is 10.6. The minimum Gasteiger partial charge on any atom is -0.347 e. The van der Waals surface area contributed by atoms with Gasteiger partial charge in [0.2, 0.25) is 0 Å². The van der Waals surface area contributed by atoms with E-state index < -0.39 is 5.91 Å². The Morgan fingerprint density at radius 1 is 1.23 bits per heavy atom. The van der Waals surface area contributed by atoms with Gasteiger partial charge < -0.3 is 10.6 Å². The van der Waals surface area contributed by atoms with Crippen LogP contribution in [0.25, 0.3) is 0 Å². The van der Waals surface area contributed by atoms with Crippen molar-refractivity contribution in [1.29, 1.82) is 5.26 Å². The van der Waals surface area contributed by atoms with Crippen molar-refractivity contribution in [3.8, 4) is 6.07 Å². The second-order valence-electron chi connectivity index (χ2n) is 4.65. The van der Waals surface area contributed by atoms with Gasteiger partial charge in [-0.15, -0.1) is 0 Å². The summed E-state index contributed by atoms with van der Waals surface area (Å²) in [5, 5.41) is 14.7. The number of amides is 1. The first kappa shape index (κ1) is 15.3. The van der Waals surface area contributed by atoms with Crippen LogP contribution in [0.3, 0.4) is 0 Å². The summed E-state index contributed by atoms with van der Waals surface area (Å²) in [6.07, 6.45) is 1.36. The highest BCUT2D eigenvalue weighted by Crippen LogP contribution is 2.05. The van der Waals surface area contributed by atoms with Crippen LogP contribution in [0.2, 0.25) is 0 Å². The molecule has 0 saturated heterocycles. The lowest BCUT2D eigenvalue weighted by Crippen LogP contribution is -2.24. The SMILES string of the molecule is Cc1cccc(N/C=C(/C#N)C(=O)NCc2ccccc2)n1. The number of nitriles is 1. The monoisotopic (exact) mass is 292 g/mol. The number of aromatic nitrogens is 1. The number of hydrogen-bond donors (Lipinski definition) is 2. The van der Waals surface area contributed by atoms with Crippen molar-refractivity contribution in [2.45, 2.75) is 13.5 Å². The Hall–Kier alpha value is -3.13. The van der Waals surface area contributed by atoms with E-state index in [4.69, 9.17) is 5.26 Å². The van der Waals surface area contributed by atoms with Crippen LogP contribution in [0.5, 0.6) is 0 Å². The maximum Gasteiger partial charge on any atom is 0.263 e. The molecule has 2 rings (SSSR count). The van der Waals surface area contributed by atoms with Crippen LogP contribution in [-0.2, 0) is 11.3 Å². The van der Waals surface area contributed by atoms with Gasteiger partial charge in [0, 0.05) is 18.4 Å². The second kappa shape index (κ2) is 7.60. The van der Waals surface area contributed by atoms with Gasteiger partial charge in [0.1, 0.15) is 17.5 Å². The smallest absolute Gasteiger partial charge is 0.263 e. The predicted octanol–water partition coefficient (Wildman–Crippen LogP) is 2.53. The zero-order valence-electron chi connectivity index (χ0n) is 12.2. The number of nitrogens with one attached hydrogen (secondary N) is 2. The maximum atomic E-state index is 12.0. The Morgan fingerprint density at radius 2 is 2.00 bits per heavy atom. The molecule has 5 nitrogen and oxygen atoms in total. The fourth-order valence-corrected chi connectivity index (χ4v) is 1.79. The molecule has 2 aromatic rings. The third kappa shape index (κ3) is 4.46. The Kier molecular flexibility index (Phi) is 5.27. The second-order valence-corrected chi connectivity index (χ2v) is 4.65. The third-order valence-electron chi connectivity index (χ3n) is 2.91. The highest BCUT2D eigenvalue weighted by Gasteiger charge is 2.08. The molecule has 1 heterocycles. The molecule has 0 radical (unpaired) electrons. The van der Waals surface area contributed by atoms with Crippen molar-refractivity contribution < 1.29 is 4.79 Å². The molecule has 5 heteroatoms. The molecule has 1 aromatic heterocycles. The van der Waals surface area contributed by atoms with Crippen molar-refractivity contribution in [2.75, 3.05) is 5.32 Å². The molecular formula is C17H16N4O. The van der Waals surface area contributed by atoms with E-state index in [1.807, 2.05) is 55.5 Å². The van der Waals surface area contributed by atoms with Crippen LogP contribution >= 0.6 is 0 Å². The summed E-state index contributed by atoms with van der Waals surface area (Å²) in [5.41, 5.74) is 1.83. The topological polar surface area (TPSA) is 77.8 Å². The Labute approximate surface area is 129 Å². The van der Waals surface area contributed by atoms with E-state index in [9.17, 15) is 4.79 Å². The summed E-state index contributed by atoms with van der Waals surface area (Å²) in [6, 6.07) is 16.9. The molecule has 0 fully saturated rings.